The number of rotatable bonds is 4. The van der Waals surface area contributed by atoms with E-state index in [1.54, 1.807) is 0 Å². The van der Waals surface area contributed by atoms with Gasteiger partial charge in [0.05, 0.1) is 5.69 Å². The monoisotopic (exact) mass is 304 g/mol. The van der Waals surface area contributed by atoms with Crippen molar-refractivity contribution in [3.8, 4) is 0 Å². The van der Waals surface area contributed by atoms with E-state index in [-0.39, 0.29) is 5.56 Å². The Labute approximate surface area is 132 Å². The minimum atomic E-state index is -0.230. The fourth-order valence-corrected chi connectivity index (χ4v) is 4.06. The van der Waals surface area contributed by atoms with E-state index in [4.69, 9.17) is 0 Å². The maximum atomic E-state index is 12.5. The smallest absolute Gasteiger partial charge is 0.287 e. The summed E-state index contributed by atoms with van der Waals surface area (Å²) in [6.07, 6.45) is 10.8. The van der Waals surface area contributed by atoms with Crippen LogP contribution < -0.4 is 10.9 Å². The predicted octanol–water partition coefficient (Wildman–Crippen LogP) is 3.47. The van der Waals surface area contributed by atoms with Crippen LogP contribution in [0.4, 0.5) is 0 Å². The van der Waals surface area contributed by atoms with Crippen LogP contribution in [0.15, 0.2) is 10.9 Å². The molecule has 2 fully saturated rings. The molecule has 2 N–H and O–H groups in total. The highest BCUT2D eigenvalue weighted by Gasteiger charge is 2.22. The molecule has 122 valence electrons. The van der Waals surface area contributed by atoms with Crippen LogP contribution in [0.3, 0.4) is 0 Å². The van der Waals surface area contributed by atoms with E-state index in [1.165, 1.54) is 44.9 Å². The minimum absolute atomic E-state index is 0.230. The minimum Gasteiger partial charge on any atom is -0.425 e. The summed E-state index contributed by atoms with van der Waals surface area (Å²) in [5, 5.41) is 13.8. The molecule has 0 aromatic carbocycles. The van der Waals surface area contributed by atoms with Gasteiger partial charge in [-0.3, -0.25) is 4.79 Å². The Morgan fingerprint density at radius 3 is 2.45 bits per heavy atom. The second-order valence-electron chi connectivity index (χ2n) is 7.04. The number of pyridine rings is 1. The number of hydrogen-bond donors (Lipinski definition) is 2. The Bertz CT molecular complexity index is 567. The highest BCUT2D eigenvalue weighted by atomic mass is 16.5. The zero-order valence-corrected chi connectivity index (χ0v) is 13.6. The third kappa shape index (κ3) is 3.22. The van der Waals surface area contributed by atoms with Gasteiger partial charge < -0.3 is 10.5 Å². The molecule has 1 aromatic rings. The largest absolute Gasteiger partial charge is 0.425 e. The fraction of sp³-hybridized carbons (Fsp3) is 0.722. The molecular formula is C18H28N2O2. The van der Waals surface area contributed by atoms with Crippen molar-refractivity contribution in [3.63, 3.8) is 0 Å². The molecule has 2 saturated carbocycles. The molecule has 0 radical (unpaired) electrons. The number of hydrogen-bond acceptors (Lipinski definition) is 3. The highest BCUT2D eigenvalue weighted by Crippen LogP contribution is 2.32. The third-order valence-electron chi connectivity index (χ3n) is 5.48. The van der Waals surface area contributed by atoms with Crippen LogP contribution in [0, 0.1) is 6.92 Å². The van der Waals surface area contributed by atoms with Gasteiger partial charge in [-0.15, -0.1) is 0 Å². The first-order valence-corrected chi connectivity index (χ1v) is 8.85. The average Bonchev–Trinajstić information content (AvgIpc) is 3.05. The maximum absolute atomic E-state index is 12.5. The molecule has 0 bridgehead atoms. The van der Waals surface area contributed by atoms with Crippen LogP contribution in [0.5, 0.6) is 0 Å². The summed E-state index contributed by atoms with van der Waals surface area (Å²) in [6, 6.07) is 2.56. The first-order chi connectivity index (χ1) is 10.7. The molecule has 2 aliphatic carbocycles. The summed E-state index contributed by atoms with van der Waals surface area (Å²) in [7, 11) is 0. The SMILES string of the molecule is Cc1cc(C2CCCCC2)n(O)c(=O)c1CNC1CCCC1. The van der Waals surface area contributed by atoms with Crippen molar-refractivity contribution in [2.24, 2.45) is 0 Å². The van der Waals surface area contributed by atoms with Gasteiger partial charge in [0.1, 0.15) is 0 Å². The van der Waals surface area contributed by atoms with Crippen molar-refractivity contribution >= 4 is 0 Å². The van der Waals surface area contributed by atoms with Gasteiger partial charge >= 0.3 is 0 Å². The van der Waals surface area contributed by atoms with Crippen molar-refractivity contribution in [2.45, 2.75) is 83.2 Å². The lowest BCUT2D eigenvalue weighted by atomic mass is 9.86. The van der Waals surface area contributed by atoms with Gasteiger partial charge in [0.15, 0.2) is 0 Å². The number of aromatic nitrogens is 1. The van der Waals surface area contributed by atoms with Crippen LogP contribution >= 0.6 is 0 Å². The first-order valence-electron chi connectivity index (χ1n) is 8.85. The first kappa shape index (κ1) is 15.6. The summed E-state index contributed by atoms with van der Waals surface area (Å²) < 4.78 is 0.925. The second-order valence-corrected chi connectivity index (χ2v) is 7.04. The van der Waals surface area contributed by atoms with Gasteiger partial charge in [0.25, 0.3) is 5.56 Å². The molecular weight excluding hydrogens is 276 g/mol. The van der Waals surface area contributed by atoms with E-state index in [0.717, 1.165) is 28.8 Å². The number of aryl methyl sites for hydroxylation is 1. The van der Waals surface area contributed by atoms with Crippen molar-refractivity contribution in [2.75, 3.05) is 0 Å². The molecule has 0 aliphatic heterocycles. The molecule has 0 saturated heterocycles. The molecule has 2 aliphatic rings. The normalized spacial score (nSPS) is 20.6. The lowest BCUT2D eigenvalue weighted by molar-refractivity contribution is 0.155. The average molecular weight is 304 g/mol. The molecule has 1 aromatic heterocycles. The molecule has 0 spiro atoms. The lowest BCUT2D eigenvalue weighted by Gasteiger charge is -2.24. The maximum Gasteiger partial charge on any atom is 0.287 e. The Hall–Kier alpha value is -1.29. The Balaban J connectivity index is 1.79. The van der Waals surface area contributed by atoms with Gasteiger partial charge in [0.2, 0.25) is 0 Å². The number of nitrogens with one attached hydrogen (secondary N) is 1. The molecule has 3 rings (SSSR count). The zero-order valence-electron chi connectivity index (χ0n) is 13.6. The third-order valence-corrected chi connectivity index (χ3v) is 5.48. The summed E-state index contributed by atoms with van der Waals surface area (Å²) in [5.74, 6) is 0.335. The van der Waals surface area contributed by atoms with Crippen molar-refractivity contribution in [1.29, 1.82) is 0 Å². The Kier molecular flexibility index (Phi) is 4.87. The van der Waals surface area contributed by atoms with Crippen LogP contribution in [-0.2, 0) is 6.54 Å². The van der Waals surface area contributed by atoms with Gasteiger partial charge in [-0.2, -0.15) is 4.73 Å². The van der Waals surface area contributed by atoms with Crippen LogP contribution in [0.25, 0.3) is 0 Å². The van der Waals surface area contributed by atoms with Gasteiger partial charge in [-0.1, -0.05) is 32.1 Å². The molecule has 22 heavy (non-hydrogen) atoms. The second kappa shape index (κ2) is 6.86. The molecule has 4 nitrogen and oxygen atoms in total. The van der Waals surface area contributed by atoms with Crippen molar-refractivity contribution in [3.05, 3.63) is 33.2 Å². The summed E-state index contributed by atoms with van der Waals surface area (Å²) >= 11 is 0. The predicted molar refractivity (Wildman–Crippen MR) is 87.5 cm³/mol. The van der Waals surface area contributed by atoms with E-state index >= 15 is 0 Å². The standard InChI is InChI=1S/C18H28N2O2/c1-13-11-17(14-7-3-2-4-8-14)20(22)18(21)16(13)12-19-15-9-5-6-10-15/h11,14-15,19,22H,2-10,12H2,1H3. The van der Waals surface area contributed by atoms with Gasteiger partial charge in [-0.25, -0.2) is 0 Å². The van der Waals surface area contributed by atoms with Crippen LogP contribution in [0.1, 0.15) is 80.5 Å². The van der Waals surface area contributed by atoms with E-state index < -0.39 is 0 Å². The Morgan fingerprint density at radius 2 is 1.77 bits per heavy atom. The molecule has 4 heteroatoms. The van der Waals surface area contributed by atoms with Crippen molar-refractivity contribution < 1.29 is 5.21 Å². The van der Waals surface area contributed by atoms with E-state index in [9.17, 15) is 10.0 Å². The molecule has 1 heterocycles. The molecule has 0 unspecified atom stereocenters. The molecule has 0 amide bonds. The van der Waals surface area contributed by atoms with Crippen molar-refractivity contribution in [1.82, 2.24) is 10.0 Å². The molecule has 0 atom stereocenters. The van der Waals surface area contributed by atoms with Crippen LogP contribution in [0.2, 0.25) is 0 Å². The lowest BCUT2D eigenvalue weighted by Crippen LogP contribution is -2.33. The van der Waals surface area contributed by atoms with E-state index in [2.05, 4.69) is 5.32 Å². The summed E-state index contributed by atoms with van der Waals surface area (Å²) in [4.78, 5) is 12.5. The van der Waals surface area contributed by atoms with E-state index in [0.29, 0.717) is 24.1 Å². The quantitative estimate of drug-likeness (QED) is 0.837. The number of nitrogens with zero attached hydrogens (tertiary/aromatic N) is 1. The van der Waals surface area contributed by atoms with E-state index in [1.807, 2.05) is 13.0 Å². The fourth-order valence-electron chi connectivity index (χ4n) is 4.06. The van der Waals surface area contributed by atoms with Crippen LogP contribution in [-0.4, -0.2) is 16.0 Å². The van der Waals surface area contributed by atoms with Gasteiger partial charge in [0, 0.05) is 24.1 Å². The Morgan fingerprint density at radius 1 is 1.14 bits per heavy atom. The highest BCUT2D eigenvalue weighted by molar-refractivity contribution is 5.28. The van der Waals surface area contributed by atoms with Gasteiger partial charge in [-0.05, 0) is 44.2 Å². The summed E-state index contributed by atoms with van der Waals surface area (Å²) in [6.45, 7) is 2.57. The topological polar surface area (TPSA) is 54.3 Å². The zero-order chi connectivity index (χ0) is 15.5. The summed E-state index contributed by atoms with van der Waals surface area (Å²) in [5.41, 5.74) is 2.31.